The Kier molecular flexibility index (Phi) is 6.60. The Morgan fingerprint density at radius 1 is 1.29 bits per heavy atom. The summed E-state index contributed by atoms with van der Waals surface area (Å²) >= 11 is 0. The molecule has 4 atom stereocenters. The zero-order valence-electron chi connectivity index (χ0n) is 8.16. The minimum Gasteiger partial charge on any atom is -0.388 e. The predicted molar refractivity (Wildman–Crippen MR) is 46.8 cm³/mol. The third-order valence-corrected chi connectivity index (χ3v) is 1.82. The number of hydrogen-bond acceptors (Lipinski definition) is 6. The lowest BCUT2D eigenvalue weighted by molar-refractivity contribution is -0.144. The fraction of sp³-hybridized carbons (Fsp3) is 0.875. The summed E-state index contributed by atoms with van der Waals surface area (Å²) < 4.78 is 9.28. The van der Waals surface area contributed by atoms with Crippen LogP contribution in [0.1, 0.15) is 0 Å². The van der Waals surface area contributed by atoms with Crippen molar-refractivity contribution in [3.8, 4) is 0 Å². The van der Waals surface area contributed by atoms with Crippen molar-refractivity contribution < 1.29 is 29.6 Å². The van der Waals surface area contributed by atoms with E-state index in [-0.39, 0.29) is 12.9 Å². The summed E-state index contributed by atoms with van der Waals surface area (Å²) in [6, 6.07) is 0. The molecule has 0 amide bonds. The molecule has 0 aliphatic rings. The molecule has 0 aliphatic heterocycles. The molecule has 6 heteroatoms. The molecule has 3 N–H and O–H groups in total. The predicted octanol–water partition coefficient (Wildman–Crippen LogP) is -2.07. The summed E-state index contributed by atoms with van der Waals surface area (Å²) in [6.45, 7) is -0.105. The maximum absolute atomic E-state index is 10.2. The molecule has 14 heavy (non-hydrogen) atoms. The minimum absolute atomic E-state index is 0.105. The lowest BCUT2D eigenvalue weighted by Gasteiger charge is -2.26. The quantitative estimate of drug-likeness (QED) is 0.416. The average molecular weight is 208 g/mol. The lowest BCUT2D eigenvalue weighted by atomic mass is 10.0. The monoisotopic (exact) mass is 208 g/mol. The number of aliphatic hydroxyl groups is 3. The van der Waals surface area contributed by atoms with Crippen molar-refractivity contribution >= 4 is 6.29 Å². The Morgan fingerprint density at radius 3 is 2.21 bits per heavy atom. The van der Waals surface area contributed by atoms with E-state index in [1.165, 1.54) is 14.2 Å². The molecule has 0 rings (SSSR count). The minimum atomic E-state index is -1.47. The molecule has 0 saturated carbocycles. The van der Waals surface area contributed by atoms with E-state index >= 15 is 0 Å². The van der Waals surface area contributed by atoms with Crippen molar-refractivity contribution in [3.05, 3.63) is 0 Å². The molecule has 0 radical (unpaired) electrons. The fourth-order valence-corrected chi connectivity index (χ4v) is 1.05. The molecule has 0 unspecified atom stereocenters. The van der Waals surface area contributed by atoms with Gasteiger partial charge in [0, 0.05) is 14.2 Å². The van der Waals surface area contributed by atoms with E-state index in [0.29, 0.717) is 0 Å². The van der Waals surface area contributed by atoms with Crippen LogP contribution in [-0.4, -0.2) is 66.8 Å². The Labute approximate surface area is 82.1 Å². The standard InChI is InChI=1S/C8H16O6/c1-13-4-6(11)7(12)8(14-2)5(10)3-9/h3,5-8,10-12H,4H2,1-2H3/t5-,6+,7+,8+/m0/s1. The van der Waals surface area contributed by atoms with E-state index in [1.807, 2.05) is 0 Å². The van der Waals surface area contributed by atoms with Crippen LogP contribution in [-0.2, 0) is 14.3 Å². The van der Waals surface area contributed by atoms with E-state index in [1.54, 1.807) is 0 Å². The first-order valence-corrected chi connectivity index (χ1v) is 4.09. The third-order valence-electron chi connectivity index (χ3n) is 1.82. The number of aliphatic hydroxyl groups excluding tert-OH is 3. The zero-order valence-corrected chi connectivity index (χ0v) is 8.16. The number of carbonyl (C=O) groups is 1. The topological polar surface area (TPSA) is 96.2 Å². The third kappa shape index (κ3) is 3.69. The first kappa shape index (κ1) is 13.5. The van der Waals surface area contributed by atoms with Gasteiger partial charge in [0.2, 0.25) is 0 Å². The van der Waals surface area contributed by atoms with E-state index in [2.05, 4.69) is 9.47 Å². The second-order valence-corrected chi connectivity index (χ2v) is 2.84. The van der Waals surface area contributed by atoms with Crippen molar-refractivity contribution in [1.29, 1.82) is 0 Å². The highest BCUT2D eigenvalue weighted by Gasteiger charge is 2.31. The highest BCUT2D eigenvalue weighted by molar-refractivity contribution is 5.56. The molecule has 0 aromatic rings. The van der Waals surface area contributed by atoms with Crippen LogP contribution in [0, 0.1) is 0 Å². The zero-order chi connectivity index (χ0) is 11.1. The van der Waals surface area contributed by atoms with E-state index in [4.69, 9.17) is 5.11 Å². The molecular weight excluding hydrogens is 192 g/mol. The maximum Gasteiger partial charge on any atom is 0.151 e. The Balaban J connectivity index is 4.28. The van der Waals surface area contributed by atoms with Crippen LogP contribution < -0.4 is 0 Å². The lowest BCUT2D eigenvalue weighted by Crippen LogP contribution is -2.47. The second kappa shape index (κ2) is 6.86. The number of methoxy groups -OCH3 is 2. The molecule has 0 aromatic heterocycles. The number of aldehydes is 1. The Morgan fingerprint density at radius 2 is 1.86 bits per heavy atom. The van der Waals surface area contributed by atoms with Gasteiger partial charge in [0.15, 0.2) is 6.29 Å². The van der Waals surface area contributed by atoms with Crippen LogP contribution in [0.15, 0.2) is 0 Å². The van der Waals surface area contributed by atoms with Crippen molar-refractivity contribution in [1.82, 2.24) is 0 Å². The number of rotatable bonds is 7. The summed E-state index contributed by atoms with van der Waals surface area (Å²) in [5, 5.41) is 27.8. The summed E-state index contributed by atoms with van der Waals surface area (Å²) in [6.07, 6.45) is -4.98. The molecule has 0 bridgehead atoms. The van der Waals surface area contributed by atoms with Crippen molar-refractivity contribution in [2.24, 2.45) is 0 Å². The van der Waals surface area contributed by atoms with Crippen LogP contribution in [0.5, 0.6) is 0 Å². The number of hydrogen-bond donors (Lipinski definition) is 3. The normalized spacial score (nSPS) is 19.8. The summed E-state index contributed by atoms with van der Waals surface area (Å²) in [5.41, 5.74) is 0. The van der Waals surface area contributed by atoms with Crippen LogP contribution in [0.4, 0.5) is 0 Å². The van der Waals surface area contributed by atoms with Gasteiger partial charge in [-0.3, -0.25) is 0 Å². The average Bonchev–Trinajstić information content (AvgIpc) is 2.18. The van der Waals surface area contributed by atoms with Gasteiger partial charge in [0.25, 0.3) is 0 Å². The highest BCUT2D eigenvalue weighted by Crippen LogP contribution is 2.07. The van der Waals surface area contributed by atoms with Crippen LogP contribution in [0.2, 0.25) is 0 Å². The summed E-state index contributed by atoms with van der Waals surface area (Å²) in [4.78, 5) is 10.2. The van der Waals surface area contributed by atoms with Gasteiger partial charge in [-0.05, 0) is 0 Å². The fourth-order valence-electron chi connectivity index (χ4n) is 1.05. The van der Waals surface area contributed by atoms with Crippen molar-refractivity contribution in [3.63, 3.8) is 0 Å². The highest BCUT2D eigenvalue weighted by atomic mass is 16.5. The second-order valence-electron chi connectivity index (χ2n) is 2.84. The van der Waals surface area contributed by atoms with E-state index in [0.717, 1.165) is 0 Å². The van der Waals surface area contributed by atoms with Crippen LogP contribution >= 0.6 is 0 Å². The molecule has 6 nitrogen and oxygen atoms in total. The molecule has 0 spiro atoms. The smallest absolute Gasteiger partial charge is 0.151 e. The van der Waals surface area contributed by atoms with Crippen LogP contribution in [0.25, 0.3) is 0 Å². The first-order valence-electron chi connectivity index (χ1n) is 4.09. The van der Waals surface area contributed by atoms with Crippen LogP contribution in [0.3, 0.4) is 0 Å². The van der Waals surface area contributed by atoms with Crippen molar-refractivity contribution in [2.75, 3.05) is 20.8 Å². The number of carbonyl (C=O) groups excluding carboxylic acids is 1. The van der Waals surface area contributed by atoms with Gasteiger partial charge >= 0.3 is 0 Å². The molecule has 0 saturated heterocycles. The summed E-state index contributed by atoms with van der Waals surface area (Å²) in [7, 11) is 2.58. The molecule has 84 valence electrons. The van der Waals surface area contributed by atoms with Gasteiger partial charge in [0.1, 0.15) is 24.4 Å². The Bertz CT molecular complexity index is 162. The molecule has 0 aromatic carbocycles. The molecule has 0 heterocycles. The SMILES string of the molecule is COC[C@@H](O)[C@@H](O)[C@H](OC)[C@@H](O)C=O. The van der Waals surface area contributed by atoms with Gasteiger partial charge in [-0.1, -0.05) is 0 Å². The molecule has 0 aliphatic carbocycles. The van der Waals surface area contributed by atoms with Gasteiger partial charge < -0.3 is 29.6 Å². The summed E-state index contributed by atoms with van der Waals surface area (Å²) in [5.74, 6) is 0. The van der Waals surface area contributed by atoms with Crippen molar-refractivity contribution in [2.45, 2.75) is 24.4 Å². The number of ether oxygens (including phenoxy) is 2. The molecular formula is C8H16O6. The van der Waals surface area contributed by atoms with Gasteiger partial charge in [0.05, 0.1) is 6.61 Å². The Hall–Kier alpha value is -0.530. The first-order chi connectivity index (χ1) is 6.58. The van der Waals surface area contributed by atoms with E-state index < -0.39 is 24.4 Å². The maximum atomic E-state index is 10.2. The molecule has 0 fully saturated rings. The van der Waals surface area contributed by atoms with E-state index in [9.17, 15) is 15.0 Å². The van der Waals surface area contributed by atoms with Gasteiger partial charge in [-0.15, -0.1) is 0 Å². The largest absolute Gasteiger partial charge is 0.388 e. The van der Waals surface area contributed by atoms with Gasteiger partial charge in [-0.25, -0.2) is 0 Å². The van der Waals surface area contributed by atoms with Gasteiger partial charge in [-0.2, -0.15) is 0 Å².